The molecule has 0 spiro atoms. The van der Waals surface area contributed by atoms with Crippen LogP contribution in [0, 0.1) is 0 Å². The van der Waals surface area contributed by atoms with Crippen molar-refractivity contribution in [3.8, 4) is 0 Å². The predicted molar refractivity (Wildman–Crippen MR) is 97.1 cm³/mol. The Morgan fingerprint density at radius 2 is 1.53 bits per heavy atom. The van der Waals surface area contributed by atoms with E-state index >= 15 is 0 Å². The Bertz CT molecular complexity index is 872. The fraction of sp³-hybridized carbons (Fsp3) is 0.765. The van der Waals surface area contributed by atoms with Gasteiger partial charge < -0.3 is 14.4 Å². The molecule has 1 rings (SSSR count). The molecule has 1 aliphatic rings. The van der Waals surface area contributed by atoms with E-state index in [1.165, 1.54) is 0 Å². The molecule has 198 valence electrons. The number of amides is 1. The second-order valence-electron chi connectivity index (χ2n) is 7.24. The van der Waals surface area contributed by atoms with E-state index in [2.05, 4.69) is 16.1 Å². The lowest BCUT2D eigenvalue weighted by Gasteiger charge is -2.38. The van der Waals surface area contributed by atoms with Crippen LogP contribution in [0.4, 0.5) is 35.1 Å². The molecule has 0 bridgehead atoms. The van der Waals surface area contributed by atoms with E-state index in [0.29, 0.717) is 11.3 Å². The molecule has 34 heavy (non-hydrogen) atoms. The van der Waals surface area contributed by atoms with E-state index in [4.69, 9.17) is 4.55 Å². The summed E-state index contributed by atoms with van der Waals surface area (Å²) in [6, 6.07) is 0. The number of halogens is 8. The Balaban J connectivity index is 3.20. The average Bonchev–Trinajstić information content (AvgIpc) is 2.73. The molecule has 1 aliphatic heterocycles. The number of esters is 1. The van der Waals surface area contributed by atoms with Gasteiger partial charge in [-0.25, -0.2) is 9.18 Å². The molecule has 0 aromatic heterocycles. The number of likely N-dealkylation sites (tertiary alicyclic amines) is 1. The van der Waals surface area contributed by atoms with Crippen LogP contribution in [0.1, 0.15) is 32.1 Å². The Kier molecular flexibility index (Phi) is 9.47. The summed E-state index contributed by atoms with van der Waals surface area (Å²) in [5.74, 6) is -13.9. The van der Waals surface area contributed by atoms with E-state index in [1.807, 2.05) is 0 Å². The van der Waals surface area contributed by atoms with Gasteiger partial charge in [0.25, 0.3) is 0 Å². The number of piperidine rings is 1. The second-order valence-corrected chi connectivity index (χ2v) is 8.71. The third-order valence-electron chi connectivity index (χ3n) is 4.67. The van der Waals surface area contributed by atoms with Gasteiger partial charge in [-0.1, -0.05) is 6.58 Å². The summed E-state index contributed by atoms with van der Waals surface area (Å²) in [6.07, 6.45) is -8.28. The van der Waals surface area contributed by atoms with Crippen molar-refractivity contribution in [2.75, 3.05) is 26.4 Å². The molecular formula is C17H21F8NO7S. The number of hydrogen-bond donors (Lipinski definition) is 1. The van der Waals surface area contributed by atoms with Gasteiger partial charge in [-0.3, -0.25) is 9.35 Å². The Labute approximate surface area is 188 Å². The van der Waals surface area contributed by atoms with E-state index in [1.54, 1.807) is 0 Å². The van der Waals surface area contributed by atoms with Gasteiger partial charge in [0, 0.05) is 19.5 Å². The Morgan fingerprint density at radius 1 is 1.00 bits per heavy atom. The maximum Gasteiger partial charge on any atom is 0.466 e. The summed E-state index contributed by atoms with van der Waals surface area (Å²) < 4.78 is 146. The SMILES string of the molecule is C=C(CF)C(=O)OC(OCCCC(F)(F)C(F)(F)S(=O)(=O)O)(C(=O)N1CCCCC1)C(F)(F)F. The zero-order chi connectivity index (χ0) is 26.6. The minimum absolute atomic E-state index is 0.222. The molecule has 0 aliphatic carbocycles. The van der Waals surface area contributed by atoms with Gasteiger partial charge >= 0.3 is 45.1 Å². The summed E-state index contributed by atoms with van der Waals surface area (Å²) in [7, 11) is -6.58. The molecule has 0 aromatic rings. The Hall–Kier alpha value is -2.01. The monoisotopic (exact) mass is 535 g/mol. The van der Waals surface area contributed by atoms with Crippen LogP contribution >= 0.6 is 0 Å². The number of rotatable bonds is 11. The van der Waals surface area contributed by atoms with Crippen molar-refractivity contribution in [1.82, 2.24) is 4.90 Å². The highest BCUT2D eigenvalue weighted by Crippen LogP contribution is 2.42. The molecule has 1 amide bonds. The maximum atomic E-state index is 14.0. The predicted octanol–water partition coefficient (Wildman–Crippen LogP) is 3.24. The Morgan fingerprint density at radius 3 is 1.97 bits per heavy atom. The molecule has 1 saturated heterocycles. The highest BCUT2D eigenvalue weighted by atomic mass is 32.2. The minimum atomic E-state index is -6.58. The van der Waals surface area contributed by atoms with E-state index in [9.17, 15) is 53.1 Å². The molecule has 1 atom stereocenters. The van der Waals surface area contributed by atoms with Gasteiger partial charge in [-0.2, -0.15) is 39.2 Å². The van der Waals surface area contributed by atoms with Crippen molar-refractivity contribution in [3.63, 3.8) is 0 Å². The molecule has 1 heterocycles. The van der Waals surface area contributed by atoms with Gasteiger partial charge in [0.1, 0.15) is 6.67 Å². The van der Waals surface area contributed by atoms with Crippen LogP contribution in [-0.2, 0) is 29.2 Å². The molecule has 0 aromatic carbocycles. The normalized spacial score (nSPS) is 17.7. The van der Waals surface area contributed by atoms with Crippen molar-refractivity contribution in [3.05, 3.63) is 12.2 Å². The number of carbonyl (C=O) groups excluding carboxylic acids is 2. The van der Waals surface area contributed by atoms with Crippen molar-refractivity contribution in [2.24, 2.45) is 0 Å². The molecule has 0 saturated carbocycles. The summed E-state index contributed by atoms with van der Waals surface area (Å²) in [6.45, 7) is -0.843. The molecule has 17 heteroatoms. The van der Waals surface area contributed by atoms with Crippen LogP contribution in [0.3, 0.4) is 0 Å². The summed E-state index contributed by atoms with van der Waals surface area (Å²) >= 11 is 0. The third kappa shape index (κ3) is 6.35. The number of carbonyl (C=O) groups is 2. The highest BCUT2D eigenvalue weighted by Gasteiger charge is 2.68. The first-order valence-electron chi connectivity index (χ1n) is 9.54. The van der Waals surface area contributed by atoms with Crippen LogP contribution in [0.5, 0.6) is 0 Å². The first-order valence-corrected chi connectivity index (χ1v) is 11.0. The van der Waals surface area contributed by atoms with Crippen LogP contribution in [0.25, 0.3) is 0 Å². The van der Waals surface area contributed by atoms with Gasteiger partial charge in [0.2, 0.25) is 0 Å². The van der Waals surface area contributed by atoms with E-state index in [-0.39, 0.29) is 25.9 Å². The minimum Gasteiger partial charge on any atom is -0.412 e. The fourth-order valence-electron chi connectivity index (χ4n) is 2.80. The third-order valence-corrected chi connectivity index (χ3v) is 5.62. The highest BCUT2D eigenvalue weighted by molar-refractivity contribution is 7.87. The molecule has 1 N–H and O–H groups in total. The smallest absolute Gasteiger partial charge is 0.412 e. The van der Waals surface area contributed by atoms with Gasteiger partial charge in [0.05, 0.1) is 12.2 Å². The summed E-state index contributed by atoms with van der Waals surface area (Å²) in [5.41, 5.74) is -1.14. The van der Waals surface area contributed by atoms with Gasteiger partial charge in [-0.05, 0) is 25.7 Å². The lowest BCUT2D eigenvalue weighted by molar-refractivity contribution is -0.351. The maximum absolute atomic E-state index is 14.0. The summed E-state index contributed by atoms with van der Waals surface area (Å²) in [4.78, 5) is 25.1. The zero-order valence-corrected chi connectivity index (χ0v) is 18.2. The fourth-order valence-corrected chi connectivity index (χ4v) is 3.28. The topological polar surface area (TPSA) is 110 Å². The van der Waals surface area contributed by atoms with Crippen molar-refractivity contribution in [2.45, 2.75) is 55.2 Å². The summed E-state index contributed by atoms with van der Waals surface area (Å²) in [5, 5.41) is -5.98. The largest absolute Gasteiger partial charge is 0.466 e. The molecule has 8 nitrogen and oxygen atoms in total. The van der Waals surface area contributed by atoms with Gasteiger partial charge in [0.15, 0.2) is 0 Å². The molecule has 1 unspecified atom stereocenters. The number of alkyl halides is 8. The molecular weight excluding hydrogens is 514 g/mol. The van der Waals surface area contributed by atoms with E-state index < -0.39 is 76.8 Å². The van der Waals surface area contributed by atoms with Crippen molar-refractivity contribution >= 4 is 22.0 Å². The quantitative estimate of drug-likeness (QED) is 0.108. The van der Waals surface area contributed by atoms with Crippen LogP contribution in [0.15, 0.2) is 12.2 Å². The lowest BCUT2D eigenvalue weighted by atomic mass is 10.1. The second kappa shape index (κ2) is 10.7. The first-order chi connectivity index (χ1) is 15.3. The van der Waals surface area contributed by atoms with Crippen molar-refractivity contribution < 1.29 is 67.2 Å². The van der Waals surface area contributed by atoms with Crippen LogP contribution in [0.2, 0.25) is 0 Å². The van der Waals surface area contributed by atoms with Gasteiger partial charge in [-0.15, -0.1) is 0 Å². The standard InChI is InChI=1S/C17H21F8NO7S/c1-11(10-18)12(27)33-15(16(21,22)23,13(28)26-7-3-2-4-8-26)32-9-5-6-14(19,20)17(24,25)34(29,30)31/h1-10H2,(H,29,30,31). The zero-order valence-electron chi connectivity index (χ0n) is 17.3. The van der Waals surface area contributed by atoms with E-state index in [0.717, 1.165) is 0 Å². The molecule has 0 radical (unpaired) electrons. The molecule has 1 fully saturated rings. The first kappa shape index (κ1) is 30.0. The average molecular weight is 535 g/mol. The number of nitrogens with zero attached hydrogens (tertiary/aromatic N) is 1. The van der Waals surface area contributed by atoms with Crippen LogP contribution < -0.4 is 0 Å². The number of hydrogen-bond acceptors (Lipinski definition) is 6. The number of ether oxygens (including phenoxy) is 2. The lowest BCUT2D eigenvalue weighted by Crippen LogP contribution is -2.63. The van der Waals surface area contributed by atoms with Crippen LogP contribution in [-0.4, -0.2) is 79.3 Å². The van der Waals surface area contributed by atoms with Crippen molar-refractivity contribution in [1.29, 1.82) is 0 Å².